The summed E-state index contributed by atoms with van der Waals surface area (Å²) in [5, 5.41) is 7.63. The number of nitrogens with zero attached hydrogens (tertiary/aromatic N) is 2. The van der Waals surface area contributed by atoms with Crippen LogP contribution in [-0.4, -0.2) is 22.8 Å². The van der Waals surface area contributed by atoms with E-state index in [9.17, 15) is 4.79 Å². The van der Waals surface area contributed by atoms with Crippen molar-refractivity contribution in [2.24, 2.45) is 0 Å². The van der Waals surface area contributed by atoms with Gasteiger partial charge in [0.15, 0.2) is 0 Å². The summed E-state index contributed by atoms with van der Waals surface area (Å²) >= 11 is 0. The number of hydrogen-bond acceptors (Lipinski definition) is 3. The third-order valence-electron chi connectivity index (χ3n) is 5.56. The van der Waals surface area contributed by atoms with Crippen LogP contribution >= 0.6 is 0 Å². The van der Waals surface area contributed by atoms with Crippen molar-refractivity contribution in [3.8, 4) is 11.4 Å². The number of benzene rings is 2. The molecular formula is C23H25N3O2. The average molecular weight is 375 g/mol. The maximum Gasteiger partial charge on any atom is 0.231 e. The Bertz CT molecular complexity index is 987. The van der Waals surface area contributed by atoms with E-state index >= 15 is 0 Å². The summed E-state index contributed by atoms with van der Waals surface area (Å²) in [6.45, 7) is 4.06. The third-order valence-corrected chi connectivity index (χ3v) is 5.56. The molecule has 1 amide bonds. The molecule has 1 heterocycles. The number of ether oxygens (including phenoxy) is 1. The van der Waals surface area contributed by atoms with Crippen LogP contribution in [0, 0.1) is 6.92 Å². The first kappa shape index (κ1) is 18.3. The molecule has 3 aromatic rings. The van der Waals surface area contributed by atoms with Crippen molar-refractivity contribution in [2.45, 2.75) is 38.1 Å². The van der Waals surface area contributed by atoms with Crippen LogP contribution in [0.25, 0.3) is 5.69 Å². The summed E-state index contributed by atoms with van der Waals surface area (Å²) < 4.78 is 7.08. The van der Waals surface area contributed by atoms with Crippen LogP contribution in [0.2, 0.25) is 0 Å². The van der Waals surface area contributed by atoms with E-state index in [2.05, 4.69) is 41.6 Å². The number of carbonyl (C=O) groups is 1. The van der Waals surface area contributed by atoms with Gasteiger partial charge in [-0.25, -0.2) is 4.68 Å². The Morgan fingerprint density at radius 3 is 2.64 bits per heavy atom. The summed E-state index contributed by atoms with van der Waals surface area (Å²) in [7, 11) is 1.65. The normalized spacial score (nSPS) is 15.7. The van der Waals surface area contributed by atoms with Crippen molar-refractivity contribution in [3.63, 3.8) is 0 Å². The largest absolute Gasteiger partial charge is 0.497 e. The summed E-state index contributed by atoms with van der Waals surface area (Å²) in [5.41, 5.74) is 3.83. The zero-order valence-electron chi connectivity index (χ0n) is 16.5. The number of aryl methyl sites for hydroxylation is 1. The van der Waals surface area contributed by atoms with Gasteiger partial charge in [-0.05, 0) is 44.4 Å². The van der Waals surface area contributed by atoms with Crippen LogP contribution in [0.1, 0.15) is 42.5 Å². The van der Waals surface area contributed by atoms with Crippen molar-refractivity contribution in [1.29, 1.82) is 0 Å². The molecule has 5 nitrogen and oxygen atoms in total. The highest BCUT2D eigenvalue weighted by atomic mass is 16.5. The number of nitrogens with one attached hydrogen (secondary N) is 1. The van der Waals surface area contributed by atoms with Gasteiger partial charge in [0.05, 0.1) is 30.5 Å². The minimum Gasteiger partial charge on any atom is -0.497 e. The first-order valence-electron chi connectivity index (χ1n) is 9.59. The van der Waals surface area contributed by atoms with Crippen LogP contribution in [0.5, 0.6) is 5.75 Å². The van der Waals surface area contributed by atoms with Gasteiger partial charge >= 0.3 is 0 Å². The lowest BCUT2D eigenvalue weighted by atomic mass is 9.93. The second-order valence-corrected chi connectivity index (χ2v) is 7.56. The molecule has 1 N–H and O–H groups in total. The van der Waals surface area contributed by atoms with Gasteiger partial charge in [-0.15, -0.1) is 0 Å². The number of methoxy groups -OCH3 is 1. The average Bonchev–Trinajstić information content (AvgIpc) is 3.37. The molecule has 0 saturated heterocycles. The zero-order valence-corrected chi connectivity index (χ0v) is 16.5. The molecule has 1 saturated carbocycles. The number of hydrogen-bond donors (Lipinski definition) is 1. The van der Waals surface area contributed by atoms with Gasteiger partial charge in [-0.1, -0.05) is 35.9 Å². The lowest BCUT2D eigenvalue weighted by molar-refractivity contribution is -0.124. The van der Waals surface area contributed by atoms with E-state index in [0.29, 0.717) is 0 Å². The van der Waals surface area contributed by atoms with E-state index in [1.807, 2.05) is 37.4 Å². The van der Waals surface area contributed by atoms with E-state index in [0.717, 1.165) is 35.4 Å². The smallest absolute Gasteiger partial charge is 0.231 e. The van der Waals surface area contributed by atoms with Gasteiger partial charge in [0.2, 0.25) is 5.91 Å². The number of carbonyl (C=O) groups excluding carboxylic acids is 1. The van der Waals surface area contributed by atoms with Gasteiger partial charge in [-0.3, -0.25) is 4.79 Å². The quantitative estimate of drug-likeness (QED) is 0.706. The Morgan fingerprint density at radius 2 is 1.96 bits per heavy atom. The fourth-order valence-electron chi connectivity index (χ4n) is 3.52. The van der Waals surface area contributed by atoms with Crippen LogP contribution in [0.3, 0.4) is 0 Å². The molecular weight excluding hydrogens is 350 g/mol. The van der Waals surface area contributed by atoms with Crippen LogP contribution in [-0.2, 0) is 10.2 Å². The van der Waals surface area contributed by atoms with Crippen molar-refractivity contribution in [2.75, 3.05) is 7.11 Å². The lowest BCUT2D eigenvalue weighted by Gasteiger charge is -2.19. The molecule has 28 heavy (non-hydrogen) atoms. The second kappa shape index (κ2) is 7.15. The molecule has 0 bridgehead atoms. The van der Waals surface area contributed by atoms with Crippen LogP contribution in [0.15, 0.2) is 60.9 Å². The molecule has 5 heteroatoms. The van der Waals surface area contributed by atoms with E-state index in [1.165, 1.54) is 5.56 Å². The number of aromatic nitrogens is 2. The monoisotopic (exact) mass is 375 g/mol. The zero-order chi connectivity index (χ0) is 19.7. The Hall–Kier alpha value is -3.08. The number of rotatable bonds is 6. The molecule has 4 rings (SSSR count). The Morgan fingerprint density at radius 1 is 1.21 bits per heavy atom. The fraction of sp³-hybridized carbons (Fsp3) is 0.304. The molecule has 1 atom stereocenters. The summed E-state index contributed by atoms with van der Waals surface area (Å²) in [6, 6.07) is 15.9. The molecule has 1 aromatic heterocycles. The first-order chi connectivity index (χ1) is 13.5. The van der Waals surface area contributed by atoms with E-state index in [1.54, 1.807) is 18.0 Å². The lowest BCUT2D eigenvalue weighted by Crippen LogP contribution is -2.36. The summed E-state index contributed by atoms with van der Waals surface area (Å²) in [6.07, 6.45) is 5.55. The van der Waals surface area contributed by atoms with Gasteiger partial charge in [0.25, 0.3) is 0 Å². The SMILES string of the molecule is COc1cccc(-n2cc([C@H](C)NC(=O)C3(c4ccc(C)cc4)CC3)cn2)c1. The minimum atomic E-state index is -0.370. The maximum atomic E-state index is 13.0. The van der Waals surface area contributed by atoms with Gasteiger partial charge in [0, 0.05) is 17.8 Å². The Labute approximate surface area is 165 Å². The predicted octanol–water partition coefficient (Wildman–Crippen LogP) is 4.10. The molecule has 0 aliphatic heterocycles. The molecule has 0 spiro atoms. The highest BCUT2D eigenvalue weighted by Crippen LogP contribution is 2.48. The Kier molecular flexibility index (Phi) is 4.67. The molecule has 0 unspecified atom stereocenters. The molecule has 0 radical (unpaired) electrons. The highest BCUT2D eigenvalue weighted by Gasteiger charge is 2.51. The van der Waals surface area contributed by atoms with Gasteiger partial charge in [0.1, 0.15) is 5.75 Å². The van der Waals surface area contributed by atoms with E-state index in [4.69, 9.17) is 4.74 Å². The van der Waals surface area contributed by atoms with Crippen molar-refractivity contribution in [1.82, 2.24) is 15.1 Å². The number of amides is 1. The molecule has 2 aromatic carbocycles. The second-order valence-electron chi connectivity index (χ2n) is 7.56. The van der Waals surface area contributed by atoms with Crippen molar-refractivity contribution in [3.05, 3.63) is 77.6 Å². The van der Waals surface area contributed by atoms with E-state index in [-0.39, 0.29) is 17.4 Å². The van der Waals surface area contributed by atoms with Crippen molar-refractivity contribution >= 4 is 5.91 Å². The van der Waals surface area contributed by atoms with Gasteiger partial charge < -0.3 is 10.1 Å². The summed E-state index contributed by atoms with van der Waals surface area (Å²) in [4.78, 5) is 13.0. The van der Waals surface area contributed by atoms with Gasteiger partial charge in [-0.2, -0.15) is 5.10 Å². The third kappa shape index (κ3) is 3.40. The summed E-state index contributed by atoms with van der Waals surface area (Å²) in [5.74, 6) is 0.877. The standard InChI is InChI=1S/C23H25N3O2/c1-16-7-9-19(10-8-16)23(11-12-23)22(27)25-17(2)18-14-24-26(15-18)20-5-4-6-21(13-20)28-3/h4-10,13-15,17H,11-12H2,1-3H3,(H,25,27)/t17-/m0/s1. The molecule has 1 fully saturated rings. The Balaban J connectivity index is 1.48. The maximum absolute atomic E-state index is 13.0. The fourth-order valence-corrected chi connectivity index (χ4v) is 3.52. The first-order valence-corrected chi connectivity index (χ1v) is 9.59. The van der Waals surface area contributed by atoms with Crippen LogP contribution in [0.4, 0.5) is 0 Å². The highest BCUT2D eigenvalue weighted by molar-refractivity contribution is 5.91. The van der Waals surface area contributed by atoms with Crippen LogP contribution < -0.4 is 10.1 Å². The topological polar surface area (TPSA) is 56.1 Å². The van der Waals surface area contributed by atoms with Crippen molar-refractivity contribution < 1.29 is 9.53 Å². The molecule has 1 aliphatic carbocycles. The van der Waals surface area contributed by atoms with E-state index < -0.39 is 0 Å². The predicted molar refractivity (Wildman–Crippen MR) is 109 cm³/mol. The molecule has 144 valence electrons. The minimum absolute atomic E-state index is 0.0954. The molecule has 1 aliphatic rings.